The smallest absolute Gasteiger partial charge is 0.338 e. The molecule has 3 atom stereocenters. The fourth-order valence-electron chi connectivity index (χ4n) is 3.24. The second-order valence-electron chi connectivity index (χ2n) is 6.69. The second-order valence-corrected chi connectivity index (χ2v) is 7.10. The lowest BCUT2D eigenvalue weighted by Gasteiger charge is -2.36. The van der Waals surface area contributed by atoms with Gasteiger partial charge in [0, 0.05) is 6.07 Å². The summed E-state index contributed by atoms with van der Waals surface area (Å²) in [6.45, 7) is 6.42. The summed E-state index contributed by atoms with van der Waals surface area (Å²) in [4.78, 5) is 22.7. The molecule has 0 aromatic heterocycles. The van der Waals surface area contributed by atoms with Crippen molar-refractivity contribution < 1.29 is 14.5 Å². The Balaban J connectivity index is 2.17. The number of nitro groups is 1. The molecular weight excluding hydrogens is 318 g/mol. The van der Waals surface area contributed by atoms with E-state index in [9.17, 15) is 14.9 Å². The van der Waals surface area contributed by atoms with Gasteiger partial charge in [0.15, 0.2) is 0 Å². The van der Waals surface area contributed by atoms with Gasteiger partial charge in [-0.3, -0.25) is 10.1 Å². The lowest BCUT2D eigenvalue weighted by Crippen LogP contribution is -2.35. The molecule has 5 nitrogen and oxygen atoms in total. The lowest BCUT2D eigenvalue weighted by atomic mass is 9.75. The molecule has 1 aliphatic rings. The maximum atomic E-state index is 12.4. The molecule has 0 bridgehead atoms. The first-order valence-electron chi connectivity index (χ1n) is 7.94. The first-order valence-corrected chi connectivity index (χ1v) is 8.32. The summed E-state index contributed by atoms with van der Waals surface area (Å²) in [6, 6.07) is 4.01. The molecule has 0 N–H and O–H groups in total. The van der Waals surface area contributed by atoms with Crippen LogP contribution in [0, 0.1) is 27.9 Å². The Bertz CT molecular complexity index is 602. The SMILES string of the molecule is CC(C)[C@H]1CC[C@@H](C)C[C@H]1OC(=O)c1ccc(Cl)c([N+](=O)[O-])c1. The minimum Gasteiger partial charge on any atom is -0.458 e. The zero-order valence-corrected chi connectivity index (χ0v) is 14.4. The first kappa shape index (κ1) is 17.7. The van der Waals surface area contributed by atoms with E-state index in [1.165, 1.54) is 18.2 Å². The van der Waals surface area contributed by atoms with E-state index in [0.29, 0.717) is 17.8 Å². The van der Waals surface area contributed by atoms with Crippen LogP contribution in [-0.4, -0.2) is 17.0 Å². The Morgan fingerprint density at radius 3 is 2.70 bits per heavy atom. The van der Waals surface area contributed by atoms with Crippen molar-refractivity contribution in [3.63, 3.8) is 0 Å². The number of nitro benzene ring substituents is 1. The van der Waals surface area contributed by atoms with Crippen LogP contribution in [-0.2, 0) is 4.74 Å². The number of rotatable bonds is 4. The number of nitrogens with zero attached hydrogens (tertiary/aromatic N) is 1. The summed E-state index contributed by atoms with van der Waals surface area (Å²) in [5, 5.41) is 11.0. The number of hydrogen-bond acceptors (Lipinski definition) is 4. The van der Waals surface area contributed by atoms with Crippen LogP contribution in [0.1, 0.15) is 50.4 Å². The molecule has 0 aliphatic heterocycles. The molecule has 0 radical (unpaired) electrons. The van der Waals surface area contributed by atoms with Crippen molar-refractivity contribution in [3.05, 3.63) is 38.9 Å². The average Bonchev–Trinajstić information content (AvgIpc) is 2.46. The Morgan fingerprint density at radius 1 is 1.39 bits per heavy atom. The highest BCUT2D eigenvalue weighted by atomic mass is 35.5. The molecule has 23 heavy (non-hydrogen) atoms. The number of esters is 1. The van der Waals surface area contributed by atoms with Crippen LogP contribution in [0.5, 0.6) is 0 Å². The van der Waals surface area contributed by atoms with E-state index in [1.54, 1.807) is 0 Å². The fourth-order valence-corrected chi connectivity index (χ4v) is 3.42. The van der Waals surface area contributed by atoms with Gasteiger partial charge in [0.1, 0.15) is 11.1 Å². The van der Waals surface area contributed by atoms with E-state index < -0.39 is 10.9 Å². The largest absolute Gasteiger partial charge is 0.458 e. The third kappa shape index (κ3) is 4.22. The number of carbonyl (C=O) groups is 1. The van der Waals surface area contributed by atoms with Crippen molar-refractivity contribution in [2.75, 3.05) is 0 Å². The summed E-state index contributed by atoms with van der Waals surface area (Å²) >= 11 is 5.78. The molecule has 0 unspecified atom stereocenters. The van der Waals surface area contributed by atoms with E-state index in [4.69, 9.17) is 16.3 Å². The molecule has 1 aromatic carbocycles. The highest BCUT2D eigenvalue weighted by molar-refractivity contribution is 6.32. The van der Waals surface area contributed by atoms with Crippen molar-refractivity contribution in [2.45, 2.75) is 46.1 Å². The lowest BCUT2D eigenvalue weighted by molar-refractivity contribution is -0.384. The van der Waals surface area contributed by atoms with Crippen molar-refractivity contribution in [3.8, 4) is 0 Å². The first-order chi connectivity index (χ1) is 10.8. The van der Waals surface area contributed by atoms with E-state index in [0.717, 1.165) is 19.3 Å². The molecule has 6 heteroatoms. The minimum absolute atomic E-state index is 0.0119. The fraction of sp³-hybridized carbons (Fsp3) is 0.588. The number of halogens is 1. The normalized spacial score (nSPS) is 24.5. The van der Waals surface area contributed by atoms with Gasteiger partial charge in [0.25, 0.3) is 5.69 Å². The maximum absolute atomic E-state index is 12.4. The van der Waals surface area contributed by atoms with Gasteiger partial charge in [-0.05, 0) is 42.7 Å². The molecule has 1 aliphatic carbocycles. The number of ether oxygens (including phenoxy) is 1. The Hall–Kier alpha value is -1.62. The molecule has 0 heterocycles. The minimum atomic E-state index is -0.598. The van der Waals surface area contributed by atoms with Gasteiger partial charge >= 0.3 is 5.97 Å². The summed E-state index contributed by atoms with van der Waals surface area (Å²) < 4.78 is 5.69. The van der Waals surface area contributed by atoms with Gasteiger partial charge in [0.2, 0.25) is 0 Å². The van der Waals surface area contributed by atoms with Crippen LogP contribution in [0.3, 0.4) is 0 Å². The zero-order valence-electron chi connectivity index (χ0n) is 13.6. The van der Waals surface area contributed by atoms with Gasteiger partial charge in [-0.2, -0.15) is 0 Å². The highest BCUT2D eigenvalue weighted by Crippen LogP contribution is 2.36. The zero-order chi connectivity index (χ0) is 17.1. The van der Waals surface area contributed by atoms with Gasteiger partial charge in [-0.25, -0.2) is 4.79 Å². The van der Waals surface area contributed by atoms with Crippen LogP contribution >= 0.6 is 11.6 Å². The second kappa shape index (κ2) is 7.30. The van der Waals surface area contributed by atoms with Crippen LogP contribution in [0.15, 0.2) is 18.2 Å². The number of carbonyl (C=O) groups excluding carboxylic acids is 1. The van der Waals surface area contributed by atoms with E-state index in [-0.39, 0.29) is 22.4 Å². The molecule has 1 saturated carbocycles. The molecule has 2 rings (SSSR count). The number of benzene rings is 1. The average molecular weight is 340 g/mol. The molecule has 1 fully saturated rings. The predicted octanol–water partition coefficient (Wildman–Crippen LogP) is 4.87. The summed E-state index contributed by atoms with van der Waals surface area (Å²) in [5.74, 6) is 0.758. The van der Waals surface area contributed by atoms with E-state index >= 15 is 0 Å². The standard InChI is InChI=1S/C17H22ClNO4/c1-10(2)13-6-4-11(3)8-16(13)23-17(20)12-5-7-14(18)15(9-12)19(21)22/h5,7,9-11,13,16H,4,6,8H2,1-3H3/t11-,13-,16-/m1/s1. The maximum Gasteiger partial charge on any atom is 0.338 e. The van der Waals surface area contributed by atoms with Crippen molar-refractivity contribution in [1.82, 2.24) is 0 Å². The third-order valence-electron chi connectivity index (χ3n) is 4.60. The Kier molecular flexibility index (Phi) is 5.63. The Labute approximate surface area is 141 Å². The molecule has 1 aromatic rings. The quantitative estimate of drug-likeness (QED) is 0.446. The molecule has 126 valence electrons. The third-order valence-corrected chi connectivity index (χ3v) is 4.92. The van der Waals surface area contributed by atoms with Crippen molar-refractivity contribution in [1.29, 1.82) is 0 Å². The van der Waals surface area contributed by atoms with Gasteiger partial charge in [-0.15, -0.1) is 0 Å². The molecule has 0 amide bonds. The van der Waals surface area contributed by atoms with Crippen LogP contribution in [0.4, 0.5) is 5.69 Å². The van der Waals surface area contributed by atoms with E-state index in [1.807, 2.05) is 0 Å². The molecule has 0 saturated heterocycles. The van der Waals surface area contributed by atoms with Gasteiger partial charge < -0.3 is 4.74 Å². The van der Waals surface area contributed by atoms with E-state index in [2.05, 4.69) is 20.8 Å². The summed E-state index contributed by atoms with van der Waals surface area (Å²) in [5.41, 5.74) is -0.111. The summed E-state index contributed by atoms with van der Waals surface area (Å²) in [6.07, 6.45) is 2.88. The Morgan fingerprint density at radius 2 is 2.09 bits per heavy atom. The molecular formula is C17H22ClNO4. The number of hydrogen-bond donors (Lipinski definition) is 0. The van der Waals surface area contributed by atoms with Crippen LogP contribution in [0.2, 0.25) is 5.02 Å². The summed E-state index contributed by atoms with van der Waals surface area (Å²) in [7, 11) is 0. The van der Waals surface area contributed by atoms with Crippen LogP contribution in [0.25, 0.3) is 0 Å². The van der Waals surface area contributed by atoms with Crippen molar-refractivity contribution >= 4 is 23.3 Å². The van der Waals surface area contributed by atoms with Crippen molar-refractivity contribution in [2.24, 2.45) is 17.8 Å². The van der Waals surface area contributed by atoms with Crippen LogP contribution < -0.4 is 0 Å². The molecule has 0 spiro atoms. The topological polar surface area (TPSA) is 69.4 Å². The van der Waals surface area contributed by atoms with Gasteiger partial charge in [0.05, 0.1) is 10.5 Å². The highest BCUT2D eigenvalue weighted by Gasteiger charge is 2.33. The predicted molar refractivity (Wildman–Crippen MR) is 88.7 cm³/mol. The van der Waals surface area contributed by atoms with Gasteiger partial charge in [-0.1, -0.05) is 38.8 Å². The monoisotopic (exact) mass is 339 g/mol.